The number of fused-ring (bicyclic) bond motifs is 1. The molecule has 0 amide bonds. The van der Waals surface area contributed by atoms with E-state index >= 15 is 0 Å². The summed E-state index contributed by atoms with van der Waals surface area (Å²) in [7, 11) is 0. The predicted molar refractivity (Wildman–Crippen MR) is 142 cm³/mol. The van der Waals surface area contributed by atoms with Crippen molar-refractivity contribution in [2.75, 3.05) is 0 Å². The minimum atomic E-state index is -0.831. The van der Waals surface area contributed by atoms with Crippen LogP contribution in [-0.2, 0) is 23.9 Å². The van der Waals surface area contributed by atoms with Gasteiger partial charge in [0, 0.05) is 0 Å². The van der Waals surface area contributed by atoms with E-state index in [1.807, 2.05) is 63.7 Å². The fraction of sp³-hybridized carbons (Fsp3) is 0.367. The molecular formula is C30H37N3O2. The molecule has 5 heteroatoms. The normalized spacial score (nSPS) is 13.3. The number of hydrogen-bond acceptors (Lipinski definition) is 3. The zero-order valence-electron chi connectivity index (χ0n) is 21.6. The molecule has 0 aliphatic rings. The van der Waals surface area contributed by atoms with Gasteiger partial charge in [-0.2, -0.15) is 0 Å². The summed E-state index contributed by atoms with van der Waals surface area (Å²) in [6.07, 6.45) is -0.831. The van der Waals surface area contributed by atoms with E-state index in [2.05, 4.69) is 53.7 Å². The lowest BCUT2D eigenvalue weighted by molar-refractivity contribution is 0.155. The highest BCUT2D eigenvalue weighted by molar-refractivity contribution is 5.76. The average Bonchev–Trinajstić information content (AvgIpc) is 3.04. The van der Waals surface area contributed by atoms with E-state index in [0.29, 0.717) is 17.9 Å². The van der Waals surface area contributed by atoms with Crippen LogP contribution in [0.4, 0.5) is 0 Å². The van der Waals surface area contributed by atoms with Crippen molar-refractivity contribution in [3.63, 3.8) is 0 Å². The molecule has 1 aromatic heterocycles. The number of nitrogens with zero attached hydrogens (tertiary/aromatic N) is 2. The predicted octanol–water partition coefficient (Wildman–Crippen LogP) is 6.00. The van der Waals surface area contributed by atoms with Gasteiger partial charge in [-0.3, -0.25) is 5.41 Å². The second-order valence-corrected chi connectivity index (χ2v) is 11.5. The Morgan fingerprint density at radius 3 is 1.77 bits per heavy atom. The standard InChI is InChI=1S/C30H37N3O2/c1-29(2,3)22-16-21(17-23(27(22)35)30(4,5)6)26(34)19-33-25-15-11-10-14-24(25)32(28(33)31)18-20-12-8-7-9-13-20/h7-17,26,31,34-35H,18-19H2,1-6H3. The van der Waals surface area contributed by atoms with Gasteiger partial charge in [-0.25, -0.2) is 0 Å². The van der Waals surface area contributed by atoms with Gasteiger partial charge in [0.1, 0.15) is 5.75 Å². The molecule has 1 atom stereocenters. The lowest BCUT2D eigenvalue weighted by atomic mass is 9.78. The lowest BCUT2D eigenvalue weighted by Crippen LogP contribution is -2.27. The van der Waals surface area contributed by atoms with Crippen LogP contribution in [-0.4, -0.2) is 19.3 Å². The zero-order valence-corrected chi connectivity index (χ0v) is 21.6. The molecule has 1 heterocycles. The molecule has 0 aliphatic heterocycles. The number of aromatic nitrogens is 2. The molecule has 4 aromatic rings. The Kier molecular flexibility index (Phi) is 6.41. The number of benzene rings is 3. The van der Waals surface area contributed by atoms with E-state index in [1.165, 1.54) is 0 Å². The third-order valence-electron chi connectivity index (χ3n) is 6.65. The van der Waals surface area contributed by atoms with Gasteiger partial charge in [0.05, 0.1) is 30.2 Å². The van der Waals surface area contributed by atoms with E-state index in [9.17, 15) is 10.2 Å². The summed E-state index contributed by atoms with van der Waals surface area (Å²) < 4.78 is 3.86. The van der Waals surface area contributed by atoms with Crippen LogP contribution in [0.15, 0.2) is 66.7 Å². The first-order valence-electron chi connectivity index (χ1n) is 12.2. The van der Waals surface area contributed by atoms with Crippen molar-refractivity contribution in [2.24, 2.45) is 0 Å². The number of aliphatic hydroxyl groups excluding tert-OH is 1. The number of imidazole rings is 1. The molecule has 0 radical (unpaired) electrons. The maximum Gasteiger partial charge on any atom is 0.203 e. The summed E-state index contributed by atoms with van der Waals surface area (Å²) in [4.78, 5) is 0. The average molecular weight is 472 g/mol. The van der Waals surface area contributed by atoms with Gasteiger partial charge in [0.2, 0.25) is 5.62 Å². The Balaban J connectivity index is 1.79. The van der Waals surface area contributed by atoms with Gasteiger partial charge in [0.15, 0.2) is 0 Å². The molecule has 3 N–H and O–H groups in total. The van der Waals surface area contributed by atoms with E-state index in [1.54, 1.807) is 0 Å². The molecule has 0 saturated heterocycles. The Hall–Kier alpha value is -3.31. The fourth-order valence-corrected chi connectivity index (χ4v) is 4.68. The number of nitrogens with one attached hydrogen (secondary N) is 1. The smallest absolute Gasteiger partial charge is 0.203 e. The minimum absolute atomic E-state index is 0.249. The van der Waals surface area contributed by atoms with Crippen LogP contribution in [0.5, 0.6) is 5.75 Å². The van der Waals surface area contributed by atoms with Gasteiger partial charge in [-0.05, 0) is 57.3 Å². The highest BCUT2D eigenvalue weighted by atomic mass is 16.3. The first kappa shape index (κ1) is 24.8. The molecule has 35 heavy (non-hydrogen) atoms. The van der Waals surface area contributed by atoms with Crippen molar-refractivity contribution in [1.29, 1.82) is 5.41 Å². The van der Waals surface area contributed by atoms with Crippen LogP contribution in [0.1, 0.15) is 69.9 Å². The molecular weight excluding hydrogens is 434 g/mol. The monoisotopic (exact) mass is 471 g/mol. The Morgan fingerprint density at radius 1 is 0.771 bits per heavy atom. The minimum Gasteiger partial charge on any atom is -0.507 e. The highest BCUT2D eigenvalue weighted by Gasteiger charge is 2.28. The summed E-state index contributed by atoms with van der Waals surface area (Å²) in [6.45, 7) is 13.2. The number of para-hydroxylation sites is 2. The van der Waals surface area contributed by atoms with E-state index in [-0.39, 0.29) is 17.4 Å². The van der Waals surface area contributed by atoms with Crippen molar-refractivity contribution >= 4 is 11.0 Å². The van der Waals surface area contributed by atoms with Crippen molar-refractivity contribution in [2.45, 2.75) is 71.6 Å². The highest BCUT2D eigenvalue weighted by Crippen LogP contribution is 2.41. The van der Waals surface area contributed by atoms with Gasteiger partial charge >= 0.3 is 0 Å². The number of phenols is 1. The van der Waals surface area contributed by atoms with Crippen LogP contribution in [0, 0.1) is 5.41 Å². The van der Waals surface area contributed by atoms with Gasteiger partial charge in [0.25, 0.3) is 0 Å². The van der Waals surface area contributed by atoms with Crippen molar-refractivity contribution in [1.82, 2.24) is 9.13 Å². The summed E-state index contributed by atoms with van der Waals surface area (Å²) in [5, 5.41) is 31.5. The molecule has 3 aromatic carbocycles. The van der Waals surface area contributed by atoms with Crippen molar-refractivity contribution in [3.05, 3.63) is 94.6 Å². The number of aliphatic hydroxyl groups is 1. The molecule has 1 unspecified atom stereocenters. The molecule has 5 nitrogen and oxygen atoms in total. The number of hydrogen-bond donors (Lipinski definition) is 3. The number of rotatable bonds is 5. The quantitative estimate of drug-likeness (QED) is 0.334. The van der Waals surface area contributed by atoms with Crippen molar-refractivity contribution in [3.8, 4) is 5.75 Å². The molecule has 4 rings (SSSR count). The van der Waals surface area contributed by atoms with Crippen LogP contribution in [0.25, 0.3) is 11.0 Å². The summed E-state index contributed by atoms with van der Waals surface area (Å²) in [6, 6.07) is 21.9. The number of phenolic OH excluding ortho intramolecular Hbond substituents is 1. The molecule has 0 spiro atoms. The Bertz CT molecular complexity index is 1360. The summed E-state index contributed by atoms with van der Waals surface area (Å²) in [5.41, 5.74) is 5.19. The first-order valence-corrected chi connectivity index (χ1v) is 12.2. The molecule has 184 valence electrons. The van der Waals surface area contributed by atoms with Gasteiger partial charge in [-0.1, -0.05) is 84.0 Å². The second-order valence-electron chi connectivity index (χ2n) is 11.5. The third kappa shape index (κ3) is 4.92. The van der Waals surface area contributed by atoms with Crippen LogP contribution in [0.3, 0.4) is 0 Å². The van der Waals surface area contributed by atoms with E-state index in [4.69, 9.17) is 5.41 Å². The van der Waals surface area contributed by atoms with Crippen LogP contribution >= 0.6 is 0 Å². The maximum atomic E-state index is 11.4. The summed E-state index contributed by atoms with van der Waals surface area (Å²) >= 11 is 0. The third-order valence-corrected chi connectivity index (χ3v) is 6.65. The number of aromatic hydroxyl groups is 1. The zero-order chi connectivity index (χ0) is 25.5. The first-order chi connectivity index (χ1) is 16.4. The molecule has 0 bridgehead atoms. The second kappa shape index (κ2) is 9.04. The SMILES string of the molecule is CC(C)(C)c1cc(C(O)Cn2c(=N)n(Cc3ccccc3)c3ccccc32)cc(C(C)(C)C)c1O. The van der Waals surface area contributed by atoms with Crippen LogP contribution in [0.2, 0.25) is 0 Å². The maximum absolute atomic E-state index is 11.4. The Labute approximate surface area is 207 Å². The topological polar surface area (TPSA) is 74.2 Å². The molecule has 0 aliphatic carbocycles. The van der Waals surface area contributed by atoms with E-state index in [0.717, 1.165) is 33.3 Å². The summed E-state index contributed by atoms with van der Waals surface area (Å²) in [5.74, 6) is 0.300. The Morgan fingerprint density at radius 2 is 1.26 bits per heavy atom. The van der Waals surface area contributed by atoms with Crippen molar-refractivity contribution < 1.29 is 10.2 Å². The fourth-order valence-electron chi connectivity index (χ4n) is 4.68. The largest absolute Gasteiger partial charge is 0.507 e. The van der Waals surface area contributed by atoms with E-state index < -0.39 is 6.10 Å². The van der Waals surface area contributed by atoms with Gasteiger partial charge < -0.3 is 19.3 Å². The lowest BCUT2D eigenvalue weighted by Gasteiger charge is -2.29. The molecule has 0 saturated carbocycles. The molecule has 0 fully saturated rings. The van der Waals surface area contributed by atoms with Gasteiger partial charge in [-0.15, -0.1) is 0 Å². The van der Waals surface area contributed by atoms with Crippen LogP contribution < -0.4 is 5.62 Å².